The lowest BCUT2D eigenvalue weighted by molar-refractivity contribution is 0.0523. The highest BCUT2D eigenvalue weighted by Gasteiger charge is 2.17. The number of hydrogen-bond acceptors (Lipinski definition) is 4. The Morgan fingerprint density at radius 1 is 1.37 bits per heavy atom. The minimum Gasteiger partial charge on any atom is -0.462 e. The fourth-order valence-corrected chi connectivity index (χ4v) is 1.97. The van der Waals surface area contributed by atoms with Gasteiger partial charge >= 0.3 is 5.97 Å². The third kappa shape index (κ3) is 2.27. The molecule has 0 aromatic carbocycles. The molecular weight excluding hydrogens is 244 g/mol. The minimum absolute atomic E-state index is 0.0860. The fraction of sp³-hybridized carbons (Fsp3) is 0.214. The van der Waals surface area contributed by atoms with Crippen LogP contribution in [0.15, 0.2) is 30.6 Å². The zero-order valence-electron chi connectivity index (χ0n) is 10.8. The molecule has 0 unspecified atom stereocenters. The number of pyridine rings is 2. The van der Waals surface area contributed by atoms with Gasteiger partial charge in [0.2, 0.25) is 0 Å². The first kappa shape index (κ1) is 13.0. The van der Waals surface area contributed by atoms with Crippen molar-refractivity contribution < 1.29 is 14.3 Å². The van der Waals surface area contributed by atoms with Crippen molar-refractivity contribution >= 4 is 17.3 Å². The Bertz CT molecular complexity index is 716. The number of carbonyl (C=O) groups is 2. The van der Waals surface area contributed by atoms with Crippen molar-refractivity contribution in [1.29, 1.82) is 5.41 Å². The van der Waals surface area contributed by atoms with Crippen LogP contribution in [0.1, 0.15) is 34.6 Å². The highest BCUT2D eigenvalue weighted by Crippen LogP contribution is 2.10. The Morgan fingerprint density at radius 3 is 2.74 bits per heavy atom. The van der Waals surface area contributed by atoms with E-state index in [4.69, 9.17) is 10.1 Å². The molecule has 98 valence electrons. The molecule has 0 saturated heterocycles. The maximum atomic E-state index is 11.8. The Hall–Kier alpha value is -2.43. The van der Waals surface area contributed by atoms with Crippen LogP contribution in [-0.2, 0) is 4.74 Å². The van der Waals surface area contributed by atoms with Gasteiger partial charge in [0.1, 0.15) is 5.56 Å². The first-order valence-electron chi connectivity index (χ1n) is 5.93. The number of nitrogens with one attached hydrogen (secondary N) is 1. The summed E-state index contributed by atoms with van der Waals surface area (Å²) < 4.78 is 6.56. The molecule has 0 aliphatic carbocycles. The maximum absolute atomic E-state index is 11.8. The lowest BCUT2D eigenvalue weighted by Gasteiger charge is -2.09. The van der Waals surface area contributed by atoms with E-state index >= 15 is 0 Å². The van der Waals surface area contributed by atoms with Crippen molar-refractivity contribution in [2.45, 2.75) is 13.8 Å². The molecule has 2 aromatic heterocycles. The average molecular weight is 258 g/mol. The molecule has 0 saturated carbocycles. The van der Waals surface area contributed by atoms with E-state index in [-0.39, 0.29) is 28.9 Å². The number of aromatic nitrogens is 1. The van der Waals surface area contributed by atoms with Crippen LogP contribution < -0.4 is 5.36 Å². The minimum atomic E-state index is -0.590. The second-order valence-corrected chi connectivity index (χ2v) is 4.06. The van der Waals surface area contributed by atoms with E-state index in [1.165, 1.54) is 13.1 Å². The predicted molar refractivity (Wildman–Crippen MR) is 69.2 cm³/mol. The standard InChI is InChI=1S/C14H14N2O3/c1-3-19-14(18)10-8-16-7-5-4-6-11(16)12(9(2)17)13(10)15/h4-8,15H,3H2,1-2H3. The SMILES string of the molecule is CCOC(=O)c1cn2ccccc2c(C(C)=O)c1=N. The number of nitrogens with zero attached hydrogens (tertiary/aromatic N) is 1. The number of hydrogen-bond donors (Lipinski definition) is 1. The molecule has 0 aliphatic heterocycles. The summed E-state index contributed by atoms with van der Waals surface area (Å²) >= 11 is 0. The molecule has 0 spiro atoms. The summed E-state index contributed by atoms with van der Waals surface area (Å²) in [5.41, 5.74) is 0.926. The van der Waals surface area contributed by atoms with Gasteiger partial charge in [-0.3, -0.25) is 10.2 Å². The fourth-order valence-electron chi connectivity index (χ4n) is 1.97. The molecule has 2 aromatic rings. The monoisotopic (exact) mass is 258 g/mol. The van der Waals surface area contributed by atoms with Crippen molar-refractivity contribution in [3.63, 3.8) is 0 Å². The van der Waals surface area contributed by atoms with Crippen molar-refractivity contribution in [2.75, 3.05) is 6.61 Å². The Kier molecular flexibility index (Phi) is 3.46. The van der Waals surface area contributed by atoms with Gasteiger partial charge in [-0.25, -0.2) is 4.79 Å². The van der Waals surface area contributed by atoms with Crippen LogP contribution >= 0.6 is 0 Å². The second kappa shape index (κ2) is 5.06. The summed E-state index contributed by atoms with van der Waals surface area (Å²) in [6.07, 6.45) is 3.24. The van der Waals surface area contributed by atoms with Crippen molar-refractivity contribution in [3.05, 3.63) is 47.1 Å². The number of fused-ring (bicyclic) bond motifs is 1. The summed E-state index contributed by atoms with van der Waals surface area (Å²) in [5, 5.41) is 7.95. The molecule has 0 aliphatic rings. The summed E-state index contributed by atoms with van der Waals surface area (Å²) in [5.74, 6) is -0.840. The highest BCUT2D eigenvalue weighted by molar-refractivity contribution is 6.02. The molecule has 0 radical (unpaired) electrons. The van der Waals surface area contributed by atoms with E-state index in [2.05, 4.69) is 0 Å². The predicted octanol–water partition coefficient (Wildman–Crippen LogP) is 1.80. The van der Waals surface area contributed by atoms with Gasteiger partial charge in [-0.1, -0.05) is 6.07 Å². The Morgan fingerprint density at radius 2 is 2.11 bits per heavy atom. The van der Waals surface area contributed by atoms with Crippen LogP contribution in [0.5, 0.6) is 0 Å². The number of rotatable bonds is 3. The van der Waals surface area contributed by atoms with Crippen LogP contribution in [-0.4, -0.2) is 22.8 Å². The number of Topliss-reactive ketones (excluding diaryl/α,β-unsaturated/α-hetero) is 1. The number of ether oxygens (including phenoxy) is 1. The smallest absolute Gasteiger partial charge is 0.341 e. The van der Waals surface area contributed by atoms with Crippen LogP contribution in [0.2, 0.25) is 0 Å². The molecule has 0 atom stereocenters. The quantitative estimate of drug-likeness (QED) is 0.674. The number of ketones is 1. The third-order valence-electron chi connectivity index (χ3n) is 2.78. The van der Waals surface area contributed by atoms with Gasteiger partial charge in [-0.2, -0.15) is 0 Å². The van der Waals surface area contributed by atoms with E-state index in [1.54, 1.807) is 35.7 Å². The average Bonchev–Trinajstić information content (AvgIpc) is 2.37. The van der Waals surface area contributed by atoms with Gasteiger partial charge in [0, 0.05) is 12.4 Å². The molecule has 5 heteroatoms. The van der Waals surface area contributed by atoms with Crippen molar-refractivity contribution in [2.24, 2.45) is 0 Å². The van der Waals surface area contributed by atoms with Crippen LogP contribution in [0.4, 0.5) is 0 Å². The largest absolute Gasteiger partial charge is 0.462 e. The maximum Gasteiger partial charge on any atom is 0.341 e. The molecule has 19 heavy (non-hydrogen) atoms. The molecular formula is C14H14N2O3. The van der Waals surface area contributed by atoms with Gasteiger partial charge in [-0.15, -0.1) is 0 Å². The van der Waals surface area contributed by atoms with E-state index in [9.17, 15) is 9.59 Å². The summed E-state index contributed by atoms with van der Waals surface area (Å²) in [4.78, 5) is 23.5. The first-order chi connectivity index (χ1) is 9.06. The van der Waals surface area contributed by atoms with Gasteiger partial charge in [0.05, 0.1) is 23.0 Å². The van der Waals surface area contributed by atoms with E-state index < -0.39 is 5.97 Å². The van der Waals surface area contributed by atoms with Gasteiger partial charge in [0.25, 0.3) is 0 Å². The molecule has 0 bridgehead atoms. The zero-order chi connectivity index (χ0) is 14.0. The topological polar surface area (TPSA) is 71.6 Å². The van der Waals surface area contributed by atoms with Gasteiger partial charge in [-0.05, 0) is 26.0 Å². The summed E-state index contributed by atoms with van der Waals surface area (Å²) in [6.45, 7) is 3.31. The summed E-state index contributed by atoms with van der Waals surface area (Å²) in [7, 11) is 0. The lowest BCUT2D eigenvalue weighted by Crippen LogP contribution is -2.24. The molecule has 5 nitrogen and oxygen atoms in total. The Balaban J connectivity index is 2.81. The highest BCUT2D eigenvalue weighted by atomic mass is 16.5. The third-order valence-corrected chi connectivity index (χ3v) is 2.78. The van der Waals surface area contributed by atoms with Crippen molar-refractivity contribution in [1.82, 2.24) is 4.40 Å². The summed E-state index contributed by atoms with van der Waals surface area (Å²) in [6, 6.07) is 5.31. The first-order valence-corrected chi connectivity index (χ1v) is 5.93. The van der Waals surface area contributed by atoms with E-state index in [0.29, 0.717) is 5.52 Å². The van der Waals surface area contributed by atoms with Gasteiger partial charge < -0.3 is 9.14 Å². The molecule has 2 rings (SSSR count). The van der Waals surface area contributed by atoms with E-state index in [1.807, 2.05) is 0 Å². The van der Waals surface area contributed by atoms with E-state index in [0.717, 1.165) is 0 Å². The molecule has 0 amide bonds. The zero-order valence-corrected chi connectivity index (χ0v) is 10.8. The molecule has 2 heterocycles. The number of carbonyl (C=O) groups excluding carboxylic acids is 2. The van der Waals surface area contributed by atoms with Crippen LogP contribution in [0, 0.1) is 5.41 Å². The number of esters is 1. The van der Waals surface area contributed by atoms with Crippen LogP contribution in [0.3, 0.4) is 0 Å². The van der Waals surface area contributed by atoms with Gasteiger partial charge in [0.15, 0.2) is 5.78 Å². The lowest BCUT2D eigenvalue weighted by atomic mass is 10.1. The normalized spacial score (nSPS) is 10.4. The molecule has 1 N–H and O–H groups in total. The van der Waals surface area contributed by atoms with Crippen LogP contribution in [0.25, 0.3) is 5.52 Å². The Labute approximate surface area is 110 Å². The van der Waals surface area contributed by atoms with Crippen molar-refractivity contribution in [3.8, 4) is 0 Å². The second-order valence-electron chi connectivity index (χ2n) is 4.06. The molecule has 0 fully saturated rings.